The normalized spacial score (nSPS) is 11.6. The molecule has 1 amide bonds. The highest BCUT2D eigenvalue weighted by atomic mass is 16.5. The maximum Gasteiger partial charge on any atom is 0.331 e. The molecule has 138 valence electrons. The summed E-state index contributed by atoms with van der Waals surface area (Å²) in [6.45, 7) is 6.70. The van der Waals surface area contributed by atoms with Crippen LogP contribution in [0.1, 0.15) is 26.5 Å². The number of carbonyl (C=O) groups is 2. The largest absolute Gasteiger partial charge is 0.449 e. The topological polar surface area (TPSA) is 82.3 Å². The van der Waals surface area contributed by atoms with Crippen LogP contribution in [0, 0.1) is 6.92 Å². The molecule has 2 rings (SSSR count). The lowest BCUT2D eigenvalue weighted by Crippen LogP contribution is -2.31. The van der Waals surface area contributed by atoms with E-state index in [1.165, 1.54) is 17.7 Å². The molecule has 1 atom stereocenters. The summed E-state index contributed by atoms with van der Waals surface area (Å²) in [4.78, 5) is 36.7. The lowest BCUT2D eigenvalue weighted by Gasteiger charge is -2.11. The second-order valence-electron chi connectivity index (χ2n) is 6.23. The van der Waals surface area contributed by atoms with Gasteiger partial charge in [-0.1, -0.05) is 23.8 Å². The van der Waals surface area contributed by atoms with Gasteiger partial charge in [-0.25, -0.2) is 9.48 Å². The molecule has 0 unspecified atom stereocenters. The van der Waals surface area contributed by atoms with Crippen molar-refractivity contribution < 1.29 is 14.3 Å². The third-order valence-electron chi connectivity index (χ3n) is 3.87. The van der Waals surface area contributed by atoms with E-state index in [2.05, 4.69) is 5.32 Å². The fourth-order valence-electron chi connectivity index (χ4n) is 2.43. The highest BCUT2D eigenvalue weighted by molar-refractivity contribution is 5.96. The predicted octanol–water partition coefficient (Wildman–Crippen LogP) is 2.32. The van der Waals surface area contributed by atoms with Crippen molar-refractivity contribution in [3.8, 4) is 5.69 Å². The van der Waals surface area contributed by atoms with Crippen LogP contribution < -0.4 is 10.9 Å². The van der Waals surface area contributed by atoms with Crippen molar-refractivity contribution in [1.29, 1.82) is 0 Å². The monoisotopic (exact) mass is 357 g/mol. The first-order valence-corrected chi connectivity index (χ1v) is 8.22. The zero-order valence-electron chi connectivity index (χ0n) is 15.6. The van der Waals surface area contributed by atoms with Gasteiger partial charge in [-0.2, -0.15) is 0 Å². The van der Waals surface area contributed by atoms with Gasteiger partial charge in [0.2, 0.25) is 0 Å². The maximum absolute atomic E-state index is 12.7. The van der Waals surface area contributed by atoms with Crippen LogP contribution in [-0.4, -0.2) is 27.3 Å². The van der Waals surface area contributed by atoms with Crippen LogP contribution in [0.4, 0.5) is 5.69 Å². The molecule has 1 aromatic heterocycles. The highest BCUT2D eigenvalue weighted by Crippen LogP contribution is 2.14. The van der Waals surface area contributed by atoms with Crippen molar-refractivity contribution in [3.05, 3.63) is 58.0 Å². The molecular formula is C19H23N3O4. The van der Waals surface area contributed by atoms with Crippen molar-refractivity contribution in [3.63, 3.8) is 0 Å². The minimum atomic E-state index is -1.03. The zero-order valence-corrected chi connectivity index (χ0v) is 15.6. The van der Waals surface area contributed by atoms with E-state index in [0.29, 0.717) is 11.4 Å². The zero-order chi connectivity index (χ0) is 19.4. The average Bonchev–Trinajstić information content (AvgIpc) is 2.78. The fraction of sp³-hybridized carbons (Fsp3) is 0.316. The van der Waals surface area contributed by atoms with E-state index in [1.54, 1.807) is 44.6 Å². The summed E-state index contributed by atoms with van der Waals surface area (Å²) in [6.07, 6.45) is 0.280. The average molecular weight is 357 g/mol. The van der Waals surface area contributed by atoms with E-state index >= 15 is 0 Å². The van der Waals surface area contributed by atoms with Gasteiger partial charge in [-0.3, -0.25) is 14.3 Å². The SMILES string of the molecule is CC(C)=CC(=O)O[C@H](C)C(=O)Nc1c(C)n(C)n(-c2ccccc2)c1=O. The summed E-state index contributed by atoms with van der Waals surface area (Å²) >= 11 is 0. The Labute approximate surface area is 151 Å². The minimum absolute atomic E-state index is 0.159. The standard InChI is InChI=1S/C19H23N3O4/c1-12(2)11-16(23)26-14(4)18(24)20-17-13(3)21(5)22(19(17)25)15-9-7-6-8-10-15/h6-11,14H,1-5H3,(H,20,24)/t14-/m1/s1. The Morgan fingerprint density at radius 2 is 1.81 bits per heavy atom. The van der Waals surface area contributed by atoms with E-state index in [4.69, 9.17) is 4.74 Å². The summed E-state index contributed by atoms with van der Waals surface area (Å²) in [7, 11) is 1.73. The molecule has 0 saturated heterocycles. The number of ether oxygens (including phenoxy) is 1. The molecule has 0 aliphatic heterocycles. The molecule has 0 aliphatic rings. The number of allylic oxidation sites excluding steroid dienone is 1. The van der Waals surface area contributed by atoms with Crippen molar-refractivity contribution in [2.75, 3.05) is 5.32 Å². The number of carbonyl (C=O) groups excluding carboxylic acids is 2. The van der Waals surface area contributed by atoms with Crippen molar-refractivity contribution in [2.45, 2.75) is 33.8 Å². The Morgan fingerprint density at radius 3 is 2.38 bits per heavy atom. The van der Waals surface area contributed by atoms with E-state index in [1.807, 2.05) is 18.2 Å². The van der Waals surface area contributed by atoms with E-state index in [-0.39, 0.29) is 11.2 Å². The number of nitrogens with zero attached hydrogens (tertiary/aromatic N) is 2. The van der Waals surface area contributed by atoms with Crippen LogP contribution in [0.3, 0.4) is 0 Å². The molecule has 1 aromatic carbocycles. The predicted molar refractivity (Wildman–Crippen MR) is 99.4 cm³/mol. The number of anilines is 1. The fourth-order valence-corrected chi connectivity index (χ4v) is 2.43. The van der Waals surface area contributed by atoms with Gasteiger partial charge in [0, 0.05) is 13.1 Å². The summed E-state index contributed by atoms with van der Waals surface area (Å²) in [5.74, 6) is -1.16. The molecule has 0 fully saturated rings. The Morgan fingerprint density at radius 1 is 1.19 bits per heavy atom. The lowest BCUT2D eigenvalue weighted by molar-refractivity contribution is -0.148. The highest BCUT2D eigenvalue weighted by Gasteiger charge is 2.22. The third kappa shape index (κ3) is 4.11. The minimum Gasteiger partial charge on any atom is -0.449 e. The van der Waals surface area contributed by atoms with Crippen molar-refractivity contribution in [2.24, 2.45) is 7.05 Å². The molecule has 7 nitrogen and oxygen atoms in total. The number of benzene rings is 1. The van der Waals surface area contributed by atoms with Gasteiger partial charge >= 0.3 is 5.97 Å². The quantitative estimate of drug-likeness (QED) is 0.658. The van der Waals surface area contributed by atoms with Gasteiger partial charge in [-0.05, 0) is 39.8 Å². The molecule has 0 radical (unpaired) electrons. The first-order valence-electron chi connectivity index (χ1n) is 8.22. The van der Waals surface area contributed by atoms with Crippen LogP contribution in [-0.2, 0) is 21.4 Å². The molecule has 0 saturated carbocycles. The van der Waals surface area contributed by atoms with Crippen LogP contribution >= 0.6 is 0 Å². The van der Waals surface area contributed by atoms with Crippen LogP contribution in [0.2, 0.25) is 0 Å². The second-order valence-corrected chi connectivity index (χ2v) is 6.23. The molecule has 0 bridgehead atoms. The molecule has 0 spiro atoms. The number of para-hydroxylation sites is 1. The third-order valence-corrected chi connectivity index (χ3v) is 3.87. The summed E-state index contributed by atoms with van der Waals surface area (Å²) in [6, 6.07) is 9.11. The maximum atomic E-state index is 12.7. The van der Waals surface area contributed by atoms with Gasteiger partial charge in [0.15, 0.2) is 6.10 Å². The van der Waals surface area contributed by atoms with Crippen LogP contribution in [0.25, 0.3) is 5.69 Å². The summed E-state index contributed by atoms with van der Waals surface area (Å²) in [5, 5.41) is 2.58. The molecular weight excluding hydrogens is 334 g/mol. The lowest BCUT2D eigenvalue weighted by atomic mass is 10.3. The number of aromatic nitrogens is 2. The second kappa shape index (κ2) is 7.86. The van der Waals surface area contributed by atoms with Gasteiger partial charge in [0.05, 0.1) is 11.4 Å². The number of rotatable bonds is 5. The molecule has 26 heavy (non-hydrogen) atoms. The van der Waals surface area contributed by atoms with Gasteiger partial charge in [0.25, 0.3) is 11.5 Å². The number of hydrogen-bond acceptors (Lipinski definition) is 4. The Hall–Kier alpha value is -3.09. The molecule has 7 heteroatoms. The Bertz CT molecular complexity index is 903. The van der Waals surface area contributed by atoms with Crippen LogP contribution in [0.15, 0.2) is 46.8 Å². The summed E-state index contributed by atoms with van der Waals surface area (Å²) < 4.78 is 8.18. The van der Waals surface area contributed by atoms with Crippen LogP contribution in [0.5, 0.6) is 0 Å². The molecule has 1 heterocycles. The molecule has 1 N–H and O–H groups in total. The molecule has 0 aliphatic carbocycles. The number of esters is 1. The van der Waals surface area contributed by atoms with Crippen molar-refractivity contribution >= 4 is 17.6 Å². The number of nitrogens with one attached hydrogen (secondary N) is 1. The van der Waals surface area contributed by atoms with Gasteiger partial charge < -0.3 is 10.1 Å². The Kier molecular flexibility index (Phi) is 5.82. The smallest absolute Gasteiger partial charge is 0.331 e. The molecule has 2 aromatic rings. The van der Waals surface area contributed by atoms with Gasteiger partial charge in [0.1, 0.15) is 5.69 Å². The summed E-state index contributed by atoms with van der Waals surface area (Å²) in [5.41, 5.74) is 1.85. The van der Waals surface area contributed by atoms with Gasteiger partial charge in [-0.15, -0.1) is 0 Å². The number of hydrogen-bond donors (Lipinski definition) is 1. The first-order chi connectivity index (χ1) is 12.2. The van der Waals surface area contributed by atoms with E-state index < -0.39 is 18.0 Å². The van der Waals surface area contributed by atoms with Crippen molar-refractivity contribution in [1.82, 2.24) is 9.36 Å². The Balaban J connectivity index is 2.25. The van der Waals surface area contributed by atoms with E-state index in [9.17, 15) is 14.4 Å². The number of amides is 1. The first kappa shape index (κ1) is 19.2. The van der Waals surface area contributed by atoms with E-state index in [0.717, 1.165) is 5.57 Å².